The zero-order valence-electron chi connectivity index (χ0n) is 12.4. The van der Waals surface area contributed by atoms with E-state index in [1.54, 1.807) is 7.11 Å². The molecule has 0 saturated carbocycles. The summed E-state index contributed by atoms with van der Waals surface area (Å²) in [4.78, 5) is 8.47. The van der Waals surface area contributed by atoms with Crippen molar-refractivity contribution in [3.63, 3.8) is 0 Å². The Balaban J connectivity index is 1.96. The minimum Gasteiger partial charge on any atom is -0.497 e. The van der Waals surface area contributed by atoms with Crippen LogP contribution in [0.3, 0.4) is 0 Å². The minimum atomic E-state index is 0.0501. The lowest BCUT2D eigenvalue weighted by molar-refractivity contribution is 0.279. The van der Waals surface area contributed by atoms with Gasteiger partial charge in [0.25, 0.3) is 0 Å². The Labute approximate surface area is 119 Å². The first-order valence-corrected chi connectivity index (χ1v) is 6.57. The maximum Gasteiger partial charge on any atom is 0.316 e. The van der Waals surface area contributed by atoms with E-state index in [9.17, 15) is 0 Å². The van der Waals surface area contributed by atoms with Crippen LogP contribution in [-0.4, -0.2) is 17.1 Å². The van der Waals surface area contributed by atoms with Crippen molar-refractivity contribution in [3.05, 3.63) is 47.8 Å². The Hall–Kier alpha value is -2.10. The van der Waals surface area contributed by atoms with Crippen molar-refractivity contribution in [2.45, 2.75) is 32.8 Å². The van der Waals surface area contributed by atoms with Gasteiger partial charge in [0.05, 0.1) is 7.11 Å². The molecule has 0 fully saturated rings. The van der Waals surface area contributed by atoms with E-state index in [0.29, 0.717) is 12.6 Å². The highest BCUT2D eigenvalue weighted by molar-refractivity contribution is 5.27. The van der Waals surface area contributed by atoms with Crippen LogP contribution in [-0.2, 0) is 12.0 Å². The quantitative estimate of drug-likeness (QED) is 0.856. The molecule has 0 atom stereocenters. The average molecular weight is 272 g/mol. The fraction of sp³-hybridized carbons (Fsp3) is 0.375. The first kappa shape index (κ1) is 14.3. The summed E-state index contributed by atoms with van der Waals surface area (Å²) in [6.07, 6.45) is 3.63. The fourth-order valence-corrected chi connectivity index (χ4v) is 1.65. The monoisotopic (exact) mass is 272 g/mol. The van der Waals surface area contributed by atoms with Gasteiger partial charge in [0.1, 0.15) is 12.4 Å². The summed E-state index contributed by atoms with van der Waals surface area (Å²) in [6, 6.07) is 8.13. The van der Waals surface area contributed by atoms with Crippen LogP contribution in [0.5, 0.6) is 11.8 Å². The van der Waals surface area contributed by atoms with Gasteiger partial charge in [-0.2, -0.15) is 0 Å². The van der Waals surface area contributed by atoms with Gasteiger partial charge in [0, 0.05) is 12.4 Å². The Morgan fingerprint density at radius 1 is 1.00 bits per heavy atom. The van der Waals surface area contributed by atoms with Crippen molar-refractivity contribution in [1.29, 1.82) is 0 Å². The highest BCUT2D eigenvalue weighted by Crippen LogP contribution is 2.21. The predicted molar refractivity (Wildman–Crippen MR) is 78.1 cm³/mol. The number of ether oxygens (including phenoxy) is 2. The van der Waals surface area contributed by atoms with Gasteiger partial charge < -0.3 is 9.47 Å². The molecule has 0 saturated heterocycles. The molecule has 1 aromatic carbocycles. The second-order valence-corrected chi connectivity index (χ2v) is 5.64. The summed E-state index contributed by atoms with van der Waals surface area (Å²) in [6.45, 7) is 6.83. The Kier molecular flexibility index (Phi) is 4.23. The van der Waals surface area contributed by atoms with Crippen molar-refractivity contribution in [2.24, 2.45) is 0 Å². The number of rotatable bonds is 4. The van der Waals surface area contributed by atoms with Gasteiger partial charge in [0.15, 0.2) is 0 Å². The van der Waals surface area contributed by atoms with Gasteiger partial charge in [-0.1, -0.05) is 32.9 Å². The molecule has 0 amide bonds. The van der Waals surface area contributed by atoms with Crippen LogP contribution in [0.25, 0.3) is 0 Å². The molecule has 2 rings (SSSR count). The number of hydrogen-bond donors (Lipinski definition) is 0. The molecule has 2 aromatic rings. The molecule has 1 heterocycles. The largest absolute Gasteiger partial charge is 0.497 e. The number of nitrogens with zero attached hydrogens (tertiary/aromatic N) is 2. The summed E-state index contributed by atoms with van der Waals surface area (Å²) in [5, 5.41) is 0. The third-order valence-electron chi connectivity index (χ3n) is 3.02. The molecule has 0 aliphatic carbocycles. The maximum atomic E-state index is 5.57. The standard InChI is InChI=1S/C16H20N2O2/c1-16(2,3)13-9-17-15(18-10-13)20-11-12-5-7-14(19-4)8-6-12/h5-10H,11H2,1-4H3. The van der Waals surface area contributed by atoms with Crippen LogP contribution in [0.2, 0.25) is 0 Å². The summed E-state index contributed by atoms with van der Waals surface area (Å²) in [5.74, 6) is 0.833. The van der Waals surface area contributed by atoms with Crippen LogP contribution >= 0.6 is 0 Å². The van der Waals surface area contributed by atoms with Crippen molar-refractivity contribution >= 4 is 0 Å². The van der Waals surface area contributed by atoms with Crippen molar-refractivity contribution in [2.75, 3.05) is 7.11 Å². The van der Waals surface area contributed by atoms with Crippen LogP contribution in [0.1, 0.15) is 31.9 Å². The van der Waals surface area contributed by atoms with Gasteiger partial charge in [-0.15, -0.1) is 0 Å². The van der Waals surface area contributed by atoms with Gasteiger partial charge in [-0.05, 0) is 28.7 Å². The molecule has 106 valence electrons. The van der Waals surface area contributed by atoms with Gasteiger partial charge in [-0.3, -0.25) is 0 Å². The molecule has 1 aromatic heterocycles. The van der Waals surface area contributed by atoms with E-state index >= 15 is 0 Å². The smallest absolute Gasteiger partial charge is 0.316 e. The Morgan fingerprint density at radius 2 is 1.60 bits per heavy atom. The van der Waals surface area contributed by atoms with Crippen LogP contribution in [0.15, 0.2) is 36.7 Å². The van der Waals surface area contributed by atoms with E-state index in [-0.39, 0.29) is 5.41 Å². The van der Waals surface area contributed by atoms with Crippen molar-refractivity contribution < 1.29 is 9.47 Å². The molecule has 0 spiro atoms. The van der Waals surface area contributed by atoms with E-state index in [0.717, 1.165) is 16.9 Å². The topological polar surface area (TPSA) is 44.2 Å². The van der Waals surface area contributed by atoms with E-state index < -0.39 is 0 Å². The number of methoxy groups -OCH3 is 1. The molecule has 0 radical (unpaired) electrons. The average Bonchev–Trinajstić information content (AvgIpc) is 2.45. The summed E-state index contributed by atoms with van der Waals surface area (Å²) >= 11 is 0. The Bertz CT molecular complexity index is 542. The molecule has 4 nitrogen and oxygen atoms in total. The molecule has 0 aliphatic heterocycles. The lowest BCUT2D eigenvalue weighted by Crippen LogP contribution is -2.12. The molecule has 0 N–H and O–H groups in total. The number of hydrogen-bond acceptors (Lipinski definition) is 4. The summed E-state index contributed by atoms with van der Waals surface area (Å²) in [7, 11) is 1.65. The van der Waals surface area contributed by atoms with E-state index in [1.807, 2.05) is 36.7 Å². The first-order valence-electron chi connectivity index (χ1n) is 6.57. The third-order valence-corrected chi connectivity index (χ3v) is 3.02. The highest BCUT2D eigenvalue weighted by Gasteiger charge is 2.14. The molecule has 20 heavy (non-hydrogen) atoms. The van der Waals surface area contributed by atoms with Crippen molar-refractivity contribution in [1.82, 2.24) is 9.97 Å². The fourth-order valence-electron chi connectivity index (χ4n) is 1.65. The second kappa shape index (κ2) is 5.90. The second-order valence-electron chi connectivity index (χ2n) is 5.64. The zero-order valence-corrected chi connectivity index (χ0v) is 12.4. The van der Waals surface area contributed by atoms with Gasteiger partial charge >= 0.3 is 6.01 Å². The lowest BCUT2D eigenvalue weighted by atomic mass is 9.89. The predicted octanol–water partition coefficient (Wildman–Crippen LogP) is 3.36. The molecular weight excluding hydrogens is 252 g/mol. The first-order chi connectivity index (χ1) is 9.49. The Morgan fingerprint density at radius 3 is 2.10 bits per heavy atom. The zero-order chi connectivity index (χ0) is 14.6. The number of benzene rings is 1. The number of aromatic nitrogens is 2. The summed E-state index contributed by atoms with van der Waals surface area (Å²) in [5.41, 5.74) is 2.19. The minimum absolute atomic E-state index is 0.0501. The molecule has 0 aliphatic rings. The van der Waals surface area contributed by atoms with E-state index in [4.69, 9.17) is 9.47 Å². The molecule has 0 unspecified atom stereocenters. The van der Waals surface area contributed by atoms with Crippen molar-refractivity contribution in [3.8, 4) is 11.8 Å². The van der Waals surface area contributed by atoms with Crippen LogP contribution in [0, 0.1) is 0 Å². The third kappa shape index (κ3) is 3.70. The SMILES string of the molecule is COc1ccc(COc2ncc(C(C)(C)C)cn2)cc1. The summed E-state index contributed by atoms with van der Waals surface area (Å²) < 4.78 is 10.7. The van der Waals surface area contributed by atoms with Gasteiger partial charge in [-0.25, -0.2) is 9.97 Å². The normalized spacial score (nSPS) is 11.2. The van der Waals surface area contributed by atoms with Gasteiger partial charge in [0.2, 0.25) is 0 Å². The maximum absolute atomic E-state index is 5.57. The lowest BCUT2D eigenvalue weighted by Gasteiger charge is -2.17. The van der Waals surface area contributed by atoms with Crippen LogP contribution < -0.4 is 9.47 Å². The molecule has 0 bridgehead atoms. The van der Waals surface area contributed by atoms with E-state index in [2.05, 4.69) is 30.7 Å². The molecule has 4 heteroatoms. The molecular formula is C16H20N2O2. The van der Waals surface area contributed by atoms with E-state index in [1.165, 1.54) is 0 Å². The van der Waals surface area contributed by atoms with Crippen LogP contribution in [0.4, 0.5) is 0 Å². The highest BCUT2D eigenvalue weighted by atomic mass is 16.5.